The third kappa shape index (κ3) is 9.17. The third-order valence-electron chi connectivity index (χ3n) is 4.21. The SMILES string of the molecule is NCCCCC(NC(=O)C(N)CC(=O)O)C(=O)NC(Cc1ccccc1)C(=O)O. The molecule has 3 atom stereocenters. The molecule has 29 heavy (non-hydrogen) atoms. The minimum Gasteiger partial charge on any atom is -0.481 e. The molecule has 1 rings (SSSR count). The summed E-state index contributed by atoms with van der Waals surface area (Å²) in [7, 11) is 0. The average molecular weight is 408 g/mol. The van der Waals surface area contributed by atoms with Crippen LogP contribution in [0.25, 0.3) is 0 Å². The van der Waals surface area contributed by atoms with Crippen LogP contribution in [0.5, 0.6) is 0 Å². The number of unbranched alkanes of at least 4 members (excludes halogenated alkanes) is 1. The second kappa shape index (κ2) is 12.5. The van der Waals surface area contributed by atoms with Crippen LogP contribution < -0.4 is 22.1 Å². The lowest BCUT2D eigenvalue weighted by Crippen LogP contribution is -2.55. The van der Waals surface area contributed by atoms with Crippen LogP contribution in [0.4, 0.5) is 0 Å². The summed E-state index contributed by atoms with van der Waals surface area (Å²) in [5, 5.41) is 23.0. The van der Waals surface area contributed by atoms with Crippen LogP contribution in [0, 0.1) is 0 Å². The molecule has 2 amide bonds. The lowest BCUT2D eigenvalue weighted by Gasteiger charge is -2.22. The van der Waals surface area contributed by atoms with Gasteiger partial charge in [0.15, 0.2) is 0 Å². The van der Waals surface area contributed by atoms with Crippen LogP contribution in [-0.4, -0.2) is 58.6 Å². The van der Waals surface area contributed by atoms with Crippen LogP contribution in [-0.2, 0) is 25.6 Å². The fourth-order valence-electron chi connectivity index (χ4n) is 2.64. The molecular weight excluding hydrogens is 380 g/mol. The van der Waals surface area contributed by atoms with Crippen molar-refractivity contribution in [3.05, 3.63) is 35.9 Å². The van der Waals surface area contributed by atoms with E-state index in [4.69, 9.17) is 16.6 Å². The molecule has 8 N–H and O–H groups in total. The third-order valence-corrected chi connectivity index (χ3v) is 4.21. The number of carboxylic acids is 2. The van der Waals surface area contributed by atoms with Crippen molar-refractivity contribution in [3.63, 3.8) is 0 Å². The van der Waals surface area contributed by atoms with E-state index in [1.54, 1.807) is 30.3 Å². The van der Waals surface area contributed by atoms with E-state index < -0.39 is 48.3 Å². The zero-order valence-electron chi connectivity index (χ0n) is 16.0. The van der Waals surface area contributed by atoms with Crippen molar-refractivity contribution < 1.29 is 29.4 Å². The van der Waals surface area contributed by atoms with Gasteiger partial charge in [0.05, 0.1) is 12.5 Å². The molecule has 10 heteroatoms. The van der Waals surface area contributed by atoms with E-state index in [0.717, 1.165) is 5.56 Å². The molecule has 0 aromatic heterocycles. The van der Waals surface area contributed by atoms with Gasteiger partial charge in [-0.3, -0.25) is 14.4 Å². The number of amides is 2. The van der Waals surface area contributed by atoms with E-state index in [1.807, 2.05) is 0 Å². The maximum Gasteiger partial charge on any atom is 0.326 e. The van der Waals surface area contributed by atoms with Crippen molar-refractivity contribution in [1.29, 1.82) is 0 Å². The molecule has 0 heterocycles. The predicted molar refractivity (Wildman–Crippen MR) is 105 cm³/mol. The molecule has 1 aromatic rings. The monoisotopic (exact) mass is 408 g/mol. The topological polar surface area (TPSA) is 185 Å². The van der Waals surface area contributed by atoms with E-state index in [0.29, 0.717) is 19.4 Å². The molecule has 0 aliphatic rings. The zero-order chi connectivity index (χ0) is 21.8. The number of carbonyl (C=O) groups is 4. The number of carboxylic acid groups (broad SMARTS) is 2. The van der Waals surface area contributed by atoms with Crippen LogP contribution in [0.15, 0.2) is 30.3 Å². The second-order valence-electron chi connectivity index (χ2n) is 6.64. The predicted octanol–water partition coefficient (Wildman–Crippen LogP) is -0.786. The van der Waals surface area contributed by atoms with E-state index in [9.17, 15) is 24.3 Å². The van der Waals surface area contributed by atoms with Gasteiger partial charge < -0.3 is 32.3 Å². The standard InChI is InChI=1S/C19H28N4O6/c20-9-5-4-8-14(22-17(26)13(21)11-16(24)25)18(27)23-15(19(28)29)10-12-6-2-1-3-7-12/h1-3,6-7,13-15H,4-5,8-11,20-21H2,(H,22,26)(H,23,27)(H,24,25)(H,28,29). The smallest absolute Gasteiger partial charge is 0.326 e. The lowest BCUT2D eigenvalue weighted by atomic mass is 10.0. The van der Waals surface area contributed by atoms with Crippen molar-refractivity contribution in [1.82, 2.24) is 10.6 Å². The minimum absolute atomic E-state index is 0.0733. The molecule has 3 unspecified atom stereocenters. The summed E-state index contributed by atoms with van der Waals surface area (Å²) in [6.07, 6.45) is 0.817. The number of hydrogen-bond donors (Lipinski definition) is 6. The van der Waals surface area contributed by atoms with Crippen LogP contribution in [0.3, 0.4) is 0 Å². The Morgan fingerprint density at radius 1 is 0.931 bits per heavy atom. The first-order valence-electron chi connectivity index (χ1n) is 9.29. The Hall–Kier alpha value is -2.98. The first kappa shape index (κ1) is 24.1. The Kier molecular flexibility index (Phi) is 10.3. The van der Waals surface area contributed by atoms with E-state index in [-0.39, 0.29) is 12.8 Å². The Labute approximate surface area is 168 Å². The highest BCUT2D eigenvalue weighted by Crippen LogP contribution is 2.06. The molecule has 160 valence electrons. The Morgan fingerprint density at radius 3 is 2.10 bits per heavy atom. The van der Waals surface area contributed by atoms with Gasteiger partial charge in [0.2, 0.25) is 11.8 Å². The number of rotatable bonds is 13. The molecule has 0 saturated heterocycles. The Bertz CT molecular complexity index is 697. The van der Waals surface area contributed by atoms with Gasteiger partial charge in [-0.25, -0.2) is 4.79 Å². The number of carbonyl (C=O) groups excluding carboxylic acids is 2. The maximum absolute atomic E-state index is 12.6. The van der Waals surface area contributed by atoms with E-state index in [1.165, 1.54) is 0 Å². The number of aliphatic carboxylic acids is 2. The normalized spacial score (nSPS) is 13.7. The Morgan fingerprint density at radius 2 is 1.55 bits per heavy atom. The van der Waals surface area contributed by atoms with Crippen LogP contribution >= 0.6 is 0 Å². The number of nitrogens with one attached hydrogen (secondary N) is 2. The summed E-state index contributed by atoms with van der Waals surface area (Å²) >= 11 is 0. The van der Waals surface area contributed by atoms with E-state index >= 15 is 0 Å². The van der Waals surface area contributed by atoms with Crippen molar-refractivity contribution in [2.75, 3.05) is 6.54 Å². The van der Waals surface area contributed by atoms with Crippen LogP contribution in [0.2, 0.25) is 0 Å². The summed E-state index contributed by atoms with van der Waals surface area (Å²) in [4.78, 5) is 47.1. The largest absolute Gasteiger partial charge is 0.481 e. The highest BCUT2D eigenvalue weighted by molar-refractivity contribution is 5.92. The van der Waals surface area contributed by atoms with Gasteiger partial charge in [-0.2, -0.15) is 0 Å². The summed E-state index contributed by atoms with van der Waals surface area (Å²) < 4.78 is 0. The van der Waals surface area contributed by atoms with Crippen LogP contribution in [0.1, 0.15) is 31.2 Å². The molecule has 0 fully saturated rings. The maximum atomic E-state index is 12.6. The molecule has 1 aromatic carbocycles. The molecule has 0 saturated carbocycles. The summed E-state index contributed by atoms with van der Waals surface area (Å²) in [6, 6.07) is 5.24. The molecule has 0 bridgehead atoms. The zero-order valence-corrected chi connectivity index (χ0v) is 16.0. The minimum atomic E-state index is -1.32. The quantitative estimate of drug-likeness (QED) is 0.229. The fourth-order valence-corrected chi connectivity index (χ4v) is 2.64. The second-order valence-corrected chi connectivity index (χ2v) is 6.64. The highest BCUT2D eigenvalue weighted by atomic mass is 16.4. The van der Waals surface area contributed by atoms with Crippen molar-refractivity contribution in [2.24, 2.45) is 11.5 Å². The number of nitrogens with two attached hydrogens (primary N) is 2. The first-order valence-corrected chi connectivity index (χ1v) is 9.29. The van der Waals surface area contributed by atoms with E-state index in [2.05, 4.69) is 10.6 Å². The highest BCUT2D eigenvalue weighted by Gasteiger charge is 2.28. The lowest BCUT2D eigenvalue weighted by molar-refractivity contribution is -0.142. The van der Waals surface area contributed by atoms with Gasteiger partial charge in [-0.05, 0) is 31.4 Å². The molecule has 10 nitrogen and oxygen atoms in total. The molecular formula is C19H28N4O6. The molecule has 0 radical (unpaired) electrons. The molecule has 0 spiro atoms. The summed E-state index contributed by atoms with van der Waals surface area (Å²) in [5.74, 6) is -3.93. The Balaban J connectivity index is 2.83. The first-order chi connectivity index (χ1) is 13.7. The summed E-state index contributed by atoms with van der Waals surface area (Å²) in [6.45, 7) is 0.395. The van der Waals surface area contributed by atoms with Gasteiger partial charge >= 0.3 is 11.9 Å². The van der Waals surface area contributed by atoms with Gasteiger partial charge in [0, 0.05) is 6.42 Å². The van der Waals surface area contributed by atoms with Crippen molar-refractivity contribution in [3.8, 4) is 0 Å². The average Bonchev–Trinajstić information content (AvgIpc) is 2.66. The number of hydrogen-bond acceptors (Lipinski definition) is 6. The summed E-state index contributed by atoms with van der Waals surface area (Å²) in [5.41, 5.74) is 11.7. The molecule has 0 aliphatic carbocycles. The van der Waals surface area contributed by atoms with Gasteiger partial charge in [0.25, 0.3) is 0 Å². The van der Waals surface area contributed by atoms with Crippen molar-refractivity contribution >= 4 is 23.8 Å². The van der Waals surface area contributed by atoms with Gasteiger partial charge in [-0.15, -0.1) is 0 Å². The number of benzene rings is 1. The van der Waals surface area contributed by atoms with Gasteiger partial charge in [-0.1, -0.05) is 30.3 Å². The van der Waals surface area contributed by atoms with Crippen molar-refractivity contribution in [2.45, 2.75) is 50.2 Å². The van der Waals surface area contributed by atoms with Gasteiger partial charge in [0.1, 0.15) is 12.1 Å². The molecule has 0 aliphatic heterocycles. The fraction of sp³-hybridized carbons (Fsp3) is 0.474.